The van der Waals surface area contributed by atoms with Crippen LogP contribution >= 0.6 is 0 Å². The Morgan fingerprint density at radius 1 is 1.33 bits per heavy atom. The highest BCUT2D eigenvalue weighted by Gasteiger charge is 2.47. The first-order valence-electron chi connectivity index (χ1n) is 8.04. The summed E-state index contributed by atoms with van der Waals surface area (Å²) in [6.45, 7) is 0.656. The van der Waals surface area contributed by atoms with Crippen LogP contribution in [-0.4, -0.2) is 52.2 Å². The minimum Gasteiger partial charge on any atom is -0.389 e. The molecule has 126 valence electrons. The van der Waals surface area contributed by atoms with Crippen LogP contribution in [0.15, 0.2) is 28.3 Å². The van der Waals surface area contributed by atoms with Gasteiger partial charge in [0.05, 0.1) is 12.5 Å². The summed E-state index contributed by atoms with van der Waals surface area (Å²) in [5.41, 5.74) is 0.143. The van der Waals surface area contributed by atoms with Gasteiger partial charge in [0.1, 0.15) is 5.56 Å². The Morgan fingerprint density at radius 2 is 2.12 bits per heavy atom. The van der Waals surface area contributed by atoms with E-state index in [0.717, 1.165) is 12.8 Å². The van der Waals surface area contributed by atoms with E-state index in [-0.39, 0.29) is 41.0 Å². The van der Waals surface area contributed by atoms with E-state index in [4.69, 9.17) is 4.84 Å². The number of rotatable bonds is 3. The maximum Gasteiger partial charge on any atom is 0.269 e. The first kappa shape index (κ1) is 14.9. The lowest BCUT2D eigenvalue weighted by atomic mass is 10.0. The zero-order chi connectivity index (χ0) is 16.8. The number of nitrogens with zero attached hydrogens (tertiary/aromatic N) is 3. The van der Waals surface area contributed by atoms with E-state index in [1.54, 1.807) is 24.2 Å². The molecule has 3 heterocycles. The van der Waals surface area contributed by atoms with Crippen LogP contribution in [0.25, 0.3) is 0 Å². The first-order valence-corrected chi connectivity index (χ1v) is 8.04. The molecule has 2 atom stereocenters. The number of carbonyl (C=O) groups is 2. The van der Waals surface area contributed by atoms with Crippen molar-refractivity contribution >= 4 is 17.5 Å². The van der Waals surface area contributed by atoms with Crippen LogP contribution in [0.5, 0.6) is 0 Å². The molecule has 0 aromatic carbocycles. The highest BCUT2D eigenvalue weighted by Crippen LogP contribution is 2.28. The van der Waals surface area contributed by atoms with E-state index >= 15 is 0 Å². The molecule has 1 aromatic heterocycles. The van der Waals surface area contributed by atoms with Crippen molar-refractivity contribution in [1.29, 1.82) is 0 Å². The van der Waals surface area contributed by atoms with Gasteiger partial charge in [0.15, 0.2) is 11.8 Å². The van der Waals surface area contributed by atoms with Gasteiger partial charge in [-0.3, -0.25) is 14.4 Å². The number of hydrogen-bond acceptors (Lipinski definition) is 5. The number of likely N-dealkylation sites (tertiary alicyclic amines) is 1. The van der Waals surface area contributed by atoms with Crippen molar-refractivity contribution in [2.75, 3.05) is 13.1 Å². The van der Waals surface area contributed by atoms with Gasteiger partial charge in [-0.15, -0.1) is 0 Å². The van der Waals surface area contributed by atoms with Gasteiger partial charge in [0.2, 0.25) is 0 Å². The fraction of sp³-hybridized carbons (Fsp3) is 0.500. The molecule has 8 heteroatoms. The van der Waals surface area contributed by atoms with Gasteiger partial charge in [0, 0.05) is 25.8 Å². The summed E-state index contributed by atoms with van der Waals surface area (Å²) in [5, 5.41) is 6.79. The molecular weight excluding hydrogens is 312 g/mol. The van der Waals surface area contributed by atoms with E-state index in [1.807, 2.05) is 0 Å². The number of oxime groups is 1. The molecule has 2 fully saturated rings. The van der Waals surface area contributed by atoms with Crippen LogP contribution in [0.4, 0.5) is 0 Å². The lowest BCUT2D eigenvalue weighted by molar-refractivity contribution is -0.115. The average Bonchev–Trinajstić information content (AvgIpc) is 3.12. The van der Waals surface area contributed by atoms with Crippen molar-refractivity contribution in [1.82, 2.24) is 14.8 Å². The standard InChI is InChI=1S/C16H18N4O4/c1-19-6-2-3-10(15(19)22)16(23)20-7-11-12(8-20)24-18-13(11)14(21)17-9-4-5-9/h2-3,6,9,11-12H,4-5,7-8H2,1H3,(H,17,21)/t11-,12+/m0/s1. The van der Waals surface area contributed by atoms with E-state index in [0.29, 0.717) is 18.8 Å². The van der Waals surface area contributed by atoms with E-state index in [2.05, 4.69) is 10.5 Å². The lowest BCUT2D eigenvalue weighted by Gasteiger charge is -2.16. The summed E-state index contributed by atoms with van der Waals surface area (Å²) in [5.74, 6) is -0.786. The number of aryl methyl sites for hydroxylation is 1. The molecule has 8 nitrogen and oxygen atoms in total. The van der Waals surface area contributed by atoms with Crippen LogP contribution in [0, 0.1) is 5.92 Å². The number of fused-ring (bicyclic) bond motifs is 1. The highest BCUT2D eigenvalue weighted by atomic mass is 16.6. The van der Waals surface area contributed by atoms with Gasteiger partial charge in [-0.05, 0) is 25.0 Å². The van der Waals surface area contributed by atoms with Crippen LogP contribution in [0.3, 0.4) is 0 Å². The number of hydrogen-bond donors (Lipinski definition) is 1. The van der Waals surface area contributed by atoms with E-state index in [9.17, 15) is 14.4 Å². The molecule has 1 N–H and O–H groups in total. The molecule has 1 saturated carbocycles. The van der Waals surface area contributed by atoms with Crippen LogP contribution in [0.2, 0.25) is 0 Å². The Balaban J connectivity index is 1.49. The van der Waals surface area contributed by atoms with Crippen molar-refractivity contribution in [2.24, 2.45) is 18.1 Å². The summed E-state index contributed by atoms with van der Waals surface area (Å²) in [6, 6.07) is 3.43. The topological polar surface area (TPSA) is 93.0 Å². The van der Waals surface area contributed by atoms with Crippen molar-refractivity contribution in [3.05, 3.63) is 34.2 Å². The maximum absolute atomic E-state index is 12.6. The molecule has 0 radical (unpaired) electrons. The predicted octanol–water partition coefficient (Wildman–Crippen LogP) is -0.509. The Labute approximate surface area is 138 Å². The molecule has 24 heavy (non-hydrogen) atoms. The van der Waals surface area contributed by atoms with Gasteiger partial charge in [-0.1, -0.05) is 5.16 Å². The molecule has 2 aliphatic heterocycles. The highest BCUT2D eigenvalue weighted by molar-refractivity contribution is 6.40. The Bertz CT molecular complexity index is 796. The predicted molar refractivity (Wildman–Crippen MR) is 84.5 cm³/mol. The summed E-state index contributed by atoms with van der Waals surface area (Å²) < 4.78 is 1.37. The fourth-order valence-electron chi connectivity index (χ4n) is 3.13. The van der Waals surface area contributed by atoms with Crippen molar-refractivity contribution < 1.29 is 14.4 Å². The number of pyridine rings is 1. The molecular formula is C16H18N4O4. The Morgan fingerprint density at radius 3 is 2.88 bits per heavy atom. The minimum atomic E-state index is -0.337. The molecule has 2 amide bonds. The molecule has 0 spiro atoms. The quantitative estimate of drug-likeness (QED) is 0.808. The molecule has 0 bridgehead atoms. The second kappa shape index (κ2) is 5.47. The number of amides is 2. The average molecular weight is 330 g/mol. The SMILES string of the molecule is Cn1cccc(C(=O)N2C[C@@H]3C(C(=O)NC4CC4)=NO[C@@H]3C2)c1=O. The second-order valence-electron chi connectivity index (χ2n) is 6.52. The third-order valence-corrected chi connectivity index (χ3v) is 4.69. The van der Waals surface area contributed by atoms with E-state index in [1.165, 1.54) is 10.6 Å². The van der Waals surface area contributed by atoms with Gasteiger partial charge < -0.3 is 19.6 Å². The van der Waals surface area contributed by atoms with Crippen LogP contribution in [-0.2, 0) is 16.7 Å². The van der Waals surface area contributed by atoms with Crippen molar-refractivity contribution in [3.8, 4) is 0 Å². The summed E-state index contributed by atoms with van der Waals surface area (Å²) in [7, 11) is 1.61. The normalized spacial score (nSPS) is 25.0. The molecule has 1 aromatic rings. The van der Waals surface area contributed by atoms with Gasteiger partial charge >= 0.3 is 0 Å². The van der Waals surface area contributed by atoms with Crippen LogP contribution in [0.1, 0.15) is 23.2 Å². The summed E-state index contributed by atoms with van der Waals surface area (Å²) in [4.78, 5) is 43.8. The molecule has 4 rings (SSSR count). The third-order valence-electron chi connectivity index (χ3n) is 4.69. The third kappa shape index (κ3) is 2.47. The largest absolute Gasteiger partial charge is 0.389 e. The molecule has 1 aliphatic carbocycles. The Hall–Kier alpha value is -2.64. The maximum atomic E-state index is 12.6. The summed E-state index contributed by atoms with van der Waals surface area (Å²) >= 11 is 0. The van der Waals surface area contributed by atoms with Gasteiger partial charge in [-0.25, -0.2) is 0 Å². The van der Waals surface area contributed by atoms with Gasteiger partial charge in [-0.2, -0.15) is 0 Å². The van der Waals surface area contributed by atoms with Crippen molar-refractivity contribution in [2.45, 2.75) is 25.0 Å². The molecule has 3 aliphatic rings. The number of nitrogens with one attached hydrogen (secondary N) is 1. The molecule has 1 saturated heterocycles. The summed E-state index contributed by atoms with van der Waals surface area (Å²) in [6.07, 6.45) is 3.28. The second-order valence-corrected chi connectivity index (χ2v) is 6.52. The lowest BCUT2D eigenvalue weighted by Crippen LogP contribution is -2.39. The first-order chi connectivity index (χ1) is 11.5. The fourth-order valence-corrected chi connectivity index (χ4v) is 3.13. The monoisotopic (exact) mass is 330 g/mol. The number of aromatic nitrogens is 1. The minimum absolute atomic E-state index is 0.126. The Kier molecular flexibility index (Phi) is 3.40. The van der Waals surface area contributed by atoms with E-state index < -0.39 is 0 Å². The number of carbonyl (C=O) groups excluding carboxylic acids is 2. The van der Waals surface area contributed by atoms with Crippen LogP contribution < -0.4 is 10.9 Å². The molecule has 0 unspecified atom stereocenters. The smallest absolute Gasteiger partial charge is 0.269 e. The van der Waals surface area contributed by atoms with Gasteiger partial charge in [0.25, 0.3) is 17.4 Å². The van der Waals surface area contributed by atoms with Crippen molar-refractivity contribution in [3.63, 3.8) is 0 Å². The zero-order valence-corrected chi connectivity index (χ0v) is 13.3. The zero-order valence-electron chi connectivity index (χ0n) is 13.3.